The highest BCUT2D eigenvalue weighted by Crippen LogP contribution is 2.51. The van der Waals surface area contributed by atoms with Gasteiger partial charge in [-0.05, 0) is 105 Å². The number of fused-ring (bicyclic) bond motifs is 1. The van der Waals surface area contributed by atoms with Gasteiger partial charge in [-0.1, -0.05) is 72.8 Å². The number of nitrogens with one attached hydrogen (secondary N) is 2. The third-order valence-corrected chi connectivity index (χ3v) is 14.2. The van der Waals surface area contributed by atoms with E-state index in [1.54, 1.807) is 45.6 Å². The molecular weight excluding hydrogens is 920 g/mol. The Morgan fingerprint density at radius 3 is 1.93 bits per heavy atom. The van der Waals surface area contributed by atoms with Crippen molar-refractivity contribution in [1.29, 1.82) is 5.26 Å². The molecule has 1 aliphatic rings. The molecule has 0 spiro atoms. The van der Waals surface area contributed by atoms with E-state index in [0.717, 1.165) is 16.7 Å². The number of amides is 1. The molecule has 2 aromatic heterocycles. The van der Waals surface area contributed by atoms with Crippen LogP contribution in [0.15, 0.2) is 140 Å². The lowest BCUT2D eigenvalue weighted by Gasteiger charge is -2.39. The Labute approximate surface area is 415 Å². The molecule has 8 rings (SSSR count). The number of nitriles is 1. The topological polar surface area (TPSA) is 176 Å². The summed E-state index contributed by atoms with van der Waals surface area (Å²) in [7, 11) is 3.15. The van der Waals surface area contributed by atoms with Gasteiger partial charge in [0.1, 0.15) is 41.5 Å². The Kier molecular flexibility index (Phi) is 16.6. The molecule has 1 amide bonds. The van der Waals surface area contributed by atoms with Crippen LogP contribution < -0.4 is 24.8 Å². The number of hydrogen-bond donors (Lipinski definition) is 2. The van der Waals surface area contributed by atoms with Crippen molar-refractivity contribution in [2.75, 3.05) is 45.2 Å². The van der Waals surface area contributed by atoms with Gasteiger partial charge in [-0.2, -0.15) is 5.26 Å². The normalized spacial score (nSPS) is 16.3. The predicted octanol–water partition coefficient (Wildman–Crippen LogP) is 10.8. The molecule has 7 aromatic rings. The number of imidazole rings is 1. The molecule has 0 saturated carbocycles. The summed E-state index contributed by atoms with van der Waals surface area (Å²) in [6.45, 7) is 8.60. The van der Waals surface area contributed by atoms with Crippen molar-refractivity contribution in [3.63, 3.8) is 0 Å². The average molecular weight is 979 g/mol. The summed E-state index contributed by atoms with van der Waals surface area (Å²) < 4.78 is 49.2. The fourth-order valence-corrected chi connectivity index (χ4v) is 10.5. The molecule has 16 nitrogen and oxygen atoms in total. The zero-order valence-electron chi connectivity index (χ0n) is 40.9. The van der Waals surface area contributed by atoms with E-state index in [1.807, 2.05) is 102 Å². The van der Waals surface area contributed by atoms with E-state index in [9.17, 15) is 10.1 Å². The number of anilines is 3. The Morgan fingerprint density at radius 2 is 1.37 bits per heavy atom. The first-order valence-electron chi connectivity index (χ1n) is 23.5. The zero-order valence-corrected chi connectivity index (χ0v) is 41.8. The van der Waals surface area contributed by atoms with Crippen LogP contribution >= 0.6 is 8.53 Å². The van der Waals surface area contributed by atoms with Gasteiger partial charge in [0.2, 0.25) is 5.95 Å². The van der Waals surface area contributed by atoms with Crippen molar-refractivity contribution in [3.05, 3.63) is 162 Å². The highest BCUT2D eigenvalue weighted by molar-refractivity contribution is 7.44. The molecule has 17 heteroatoms. The van der Waals surface area contributed by atoms with Gasteiger partial charge in [-0.3, -0.25) is 9.36 Å². The number of carbonyl (C=O) groups is 1. The first kappa shape index (κ1) is 50.4. The highest BCUT2D eigenvalue weighted by Gasteiger charge is 2.46. The van der Waals surface area contributed by atoms with Gasteiger partial charge in [0.05, 0.1) is 53.1 Å². The van der Waals surface area contributed by atoms with Gasteiger partial charge in [0, 0.05) is 29.8 Å². The quantitative estimate of drug-likeness (QED) is 0.0373. The van der Waals surface area contributed by atoms with Crippen LogP contribution in [0, 0.1) is 11.3 Å². The summed E-state index contributed by atoms with van der Waals surface area (Å²) in [4.78, 5) is 27.9. The van der Waals surface area contributed by atoms with E-state index in [-0.39, 0.29) is 43.4 Å². The van der Waals surface area contributed by atoms with Gasteiger partial charge >= 0.3 is 0 Å². The van der Waals surface area contributed by atoms with Crippen molar-refractivity contribution in [2.45, 2.75) is 76.7 Å². The predicted molar refractivity (Wildman–Crippen MR) is 273 cm³/mol. The molecule has 71 heavy (non-hydrogen) atoms. The Balaban J connectivity index is 1.25. The minimum Gasteiger partial charge on any atom is -0.497 e. The number of benzene rings is 5. The van der Waals surface area contributed by atoms with E-state index in [0.29, 0.717) is 52.0 Å². The maximum atomic E-state index is 13.6. The standard InChI is InChI=1S/C54H59N8O8P/c1-36(2)62(37(3)4)71(68-32-14-31-55)70-46-33-48(61-51-49(59-53(61)58-42-23-29-45(66-7)30-24-42)50(56-35-57-51)60-52(63)38-15-10-8-11-16-38)69-47(46)34-67-54(39-17-12-9-13-18-39,40-19-25-43(64-5)26-20-40)41-21-27-44(65-6)28-22-41/h8-13,15-30,35-37,46-48H,14,32-34H2,1-7H3,(H,58,59)(H,56,57,60,63)/t46-,47+,48+,71?/m0/s1. The SMILES string of the molecule is COc1ccc(Nc2nc3c(NC(=O)c4ccccc4)ncnc3n2[C@H]2C[C@H](OP(OCCC#N)N(C(C)C)C(C)C)[C@@H](COC(c3ccccc3)(c3ccc(OC)cc3)c3ccc(OC)cc3)O2)cc1. The minimum absolute atomic E-state index is 0.0279. The molecule has 2 N–H and O–H groups in total. The van der Waals surface area contributed by atoms with Crippen LogP contribution in [0.25, 0.3) is 11.2 Å². The lowest BCUT2D eigenvalue weighted by molar-refractivity contribution is -0.0908. The van der Waals surface area contributed by atoms with Crippen LogP contribution in [0.4, 0.5) is 17.5 Å². The third kappa shape index (κ3) is 11.3. The number of hydrogen-bond acceptors (Lipinski definition) is 14. The fraction of sp³-hybridized carbons (Fsp3) is 0.315. The maximum Gasteiger partial charge on any atom is 0.259 e. The second kappa shape index (κ2) is 23.3. The number of ether oxygens (including phenoxy) is 5. The van der Waals surface area contributed by atoms with Crippen LogP contribution in [-0.2, 0) is 24.1 Å². The molecule has 1 saturated heterocycles. The molecular formula is C54H59N8O8P. The van der Waals surface area contributed by atoms with Gasteiger partial charge < -0.3 is 43.4 Å². The van der Waals surface area contributed by atoms with Crippen LogP contribution in [0.2, 0.25) is 0 Å². The molecule has 0 bridgehead atoms. The number of carbonyl (C=O) groups excluding carboxylic acids is 1. The molecule has 0 aliphatic carbocycles. The number of nitrogens with zero attached hydrogens (tertiary/aromatic N) is 6. The van der Waals surface area contributed by atoms with E-state index < -0.39 is 32.6 Å². The Bertz CT molecular complexity index is 2810. The van der Waals surface area contributed by atoms with Gasteiger partial charge in [-0.25, -0.2) is 19.6 Å². The first-order chi connectivity index (χ1) is 34.6. The third-order valence-electron chi connectivity index (χ3n) is 12.1. The molecule has 4 atom stereocenters. The van der Waals surface area contributed by atoms with Gasteiger partial charge in [0.25, 0.3) is 14.4 Å². The number of aromatic nitrogens is 4. The summed E-state index contributed by atoms with van der Waals surface area (Å²) in [6, 6.07) is 44.4. The van der Waals surface area contributed by atoms with Crippen LogP contribution in [-0.4, -0.2) is 88.9 Å². The molecule has 1 fully saturated rings. The van der Waals surface area contributed by atoms with Crippen LogP contribution in [0.5, 0.6) is 17.2 Å². The largest absolute Gasteiger partial charge is 0.497 e. The summed E-state index contributed by atoms with van der Waals surface area (Å²) in [5, 5.41) is 16.0. The maximum absolute atomic E-state index is 13.6. The molecule has 3 heterocycles. The monoisotopic (exact) mass is 978 g/mol. The smallest absolute Gasteiger partial charge is 0.259 e. The van der Waals surface area contributed by atoms with E-state index >= 15 is 0 Å². The molecule has 5 aromatic carbocycles. The Hall–Kier alpha value is -6.96. The van der Waals surface area contributed by atoms with Crippen LogP contribution in [0.3, 0.4) is 0 Å². The lowest BCUT2D eigenvalue weighted by atomic mass is 9.80. The van der Waals surface area contributed by atoms with Crippen molar-refractivity contribution in [1.82, 2.24) is 24.2 Å². The van der Waals surface area contributed by atoms with Crippen molar-refractivity contribution in [3.8, 4) is 23.3 Å². The van der Waals surface area contributed by atoms with Gasteiger partial charge in [-0.15, -0.1) is 0 Å². The van der Waals surface area contributed by atoms with Crippen molar-refractivity contribution in [2.24, 2.45) is 0 Å². The fourth-order valence-electron chi connectivity index (χ4n) is 8.74. The first-order valence-corrected chi connectivity index (χ1v) is 24.6. The summed E-state index contributed by atoms with van der Waals surface area (Å²) in [6.07, 6.45) is -0.251. The highest BCUT2D eigenvalue weighted by atomic mass is 31.2. The molecule has 1 unspecified atom stereocenters. The van der Waals surface area contributed by atoms with E-state index in [1.165, 1.54) is 6.33 Å². The second-order valence-corrected chi connectivity index (χ2v) is 18.7. The molecule has 1 aliphatic heterocycles. The zero-order chi connectivity index (χ0) is 49.9. The summed E-state index contributed by atoms with van der Waals surface area (Å²) >= 11 is 0. The summed E-state index contributed by atoms with van der Waals surface area (Å²) in [5.74, 6) is 2.32. The number of rotatable bonds is 22. The lowest BCUT2D eigenvalue weighted by Crippen LogP contribution is -2.39. The van der Waals surface area contributed by atoms with Crippen molar-refractivity contribution >= 4 is 43.1 Å². The molecule has 368 valence electrons. The van der Waals surface area contributed by atoms with Gasteiger partial charge in [0.15, 0.2) is 17.0 Å². The van der Waals surface area contributed by atoms with E-state index in [4.69, 9.17) is 42.7 Å². The van der Waals surface area contributed by atoms with Crippen molar-refractivity contribution < 1.29 is 37.5 Å². The van der Waals surface area contributed by atoms with E-state index in [2.05, 4.69) is 66.2 Å². The van der Waals surface area contributed by atoms with Crippen LogP contribution in [0.1, 0.15) is 73.8 Å². The molecule has 0 radical (unpaired) electrons. The Morgan fingerprint density at radius 1 is 0.803 bits per heavy atom. The minimum atomic E-state index is -1.74. The second-order valence-electron chi connectivity index (χ2n) is 17.2. The number of methoxy groups -OCH3 is 3. The summed E-state index contributed by atoms with van der Waals surface area (Å²) in [5.41, 5.74) is 3.31. The average Bonchev–Trinajstić information content (AvgIpc) is 3.97.